The van der Waals surface area contributed by atoms with E-state index >= 15 is 0 Å². The number of carbonyl (C=O) groups is 2. The summed E-state index contributed by atoms with van der Waals surface area (Å²) in [5, 5.41) is 2.95. The molecule has 1 aliphatic rings. The van der Waals surface area contributed by atoms with Crippen LogP contribution in [0.3, 0.4) is 0 Å². The molecule has 0 bridgehead atoms. The van der Waals surface area contributed by atoms with Gasteiger partial charge in [0.1, 0.15) is 11.8 Å². The Morgan fingerprint density at radius 2 is 2.04 bits per heavy atom. The van der Waals surface area contributed by atoms with Gasteiger partial charge in [-0.2, -0.15) is 0 Å². The summed E-state index contributed by atoms with van der Waals surface area (Å²) in [4.78, 5) is 27.0. The van der Waals surface area contributed by atoms with Crippen LogP contribution >= 0.6 is 11.8 Å². The third-order valence-electron chi connectivity index (χ3n) is 4.17. The van der Waals surface area contributed by atoms with Crippen LogP contribution in [-0.4, -0.2) is 34.4 Å². The molecule has 3 rings (SSSR count). The second-order valence-corrected chi connectivity index (χ2v) is 6.99. The van der Waals surface area contributed by atoms with E-state index in [1.165, 1.54) is 6.26 Å². The number of amides is 2. The predicted octanol–water partition coefficient (Wildman–Crippen LogP) is 3.36. The summed E-state index contributed by atoms with van der Waals surface area (Å²) in [5.41, 5.74) is 3.46. The molecule has 1 aromatic heterocycles. The van der Waals surface area contributed by atoms with Crippen LogP contribution in [0.5, 0.6) is 0 Å². The number of hydrogen-bond acceptors (Lipinski definition) is 4. The molecule has 2 heterocycles. The molecule has 0 radical (unpaired) electrons. The van der Waals surface area contributed by atoms with Crippen molar-refractivity contribution in [2.75, 3.05) is 16.9 Å². The van der Waals surface area contributed by atoms with Crippen LogP contribution in [0.1, 0.15) is 27.2 Å². The van der Waals surface area contributed by atoms with Gasteiger partial charge in [-0.15, -0.1) is 11.8 Å². The molecule has 0 saturated carbocycles. The third-order valence-corrected chi connectivity index (χ3v) is 5.19. The van der Waals surface area contributed by atoms with Gasteiger partial charge in [-0.25, -0.2) is 0 Å². The highest BCUT2D eigenvalue weighted by Gasteiger charge is 2.36. The van der Waals surface area contributed by atoms with E-state index in [0.29, 0.717) is 23.0 Å². The van der Waals surface area contributed by atoms with Crippen LogP contribution in [-0.2, 0) is 4.79 Å². The minimum absolute atomic E-state index is 0.151. The Kier molecular flexibility index (Phi) is 4.66. The first-order valence-corrected chi connectivity index (χ1v) is 8.94. The van der Waals surface area contributed by atoms with Crippen molar-refractivity contribution in [2.45, 2.75) is 26.8 Å². The van der Waals surface area contributed by atoms with E-state index < -0.39 is 6.04 Å². The van der Waals surface area contributed by atoms with E-state index in [1.807, 2.05) is 32.0 Å². The molecule has 126 valence electrons. The highest BCUT2D eigenvalue weighted by atomic mass is 32.2. The maximum absolute atomic E-state index is 12.7. The molecule has 2 aromatic rings. The van der Waals surface area contributed by atoms with E-state index in [4.69, 9.17) is 4.42 Å². The average molecular weight is 344 g/mol. The lowest BCUT2D eigenvalue weighted by atomic mass is 10.1. The molecule has 0 spiro atoms. The predicted molar refractivity (Wildman–Crippen MR) is 95.3 cm³/mol. The number of aryl methyl sites for hydroxylation is 3. The smallest absolute Gasteiger partial charge is 0.258 e. The van der Waals surface area contributed by atoms with Gasteiger partial charge in [0, 0.05) is 11.4 Å². The summed E-state index contributed by atoms with van der Waals surface area (Å²) < 4.78 is 5.21. The molecule has 2 amide bonds. The number of thioether (sulfide) groups is 1. The molecular weight excluding hydrogens is 324 g/mol. The summed E-state index contributed by atoms with van der Waals surface area (Å²) >= 11 is 1.58. The molecule has 1 saturated heterocycles. The van der Waals surface area contributed by atoms with Crippen LogP contribution in [0.2, 0.25) is 0 Å². The van der Waals surface area contributed by atoms with Gasteiger partial charge in [0.2, 0.25) is 5.91 Å². The maximum atomic E-state index is 12.7. The van der Waals surface area contributed by atoms with Crippen molar-refractivity contribution >= 4 is 29.3 Å². The Labute approximate surface area is 145 Å². The number of hydrogen-bond donors (Lipinski definition) is 1. The Hall–Kier alpha value is -2.21. The first-order chi connectivity index (χ1) is 11.5. The van der Waals surface area contributed by atoms with Gasteiger partial charge in [-0.1, -0.05) is 17.7 Å². The van der Waals surface area contributed by atoms with Crippen molar-refractivity contribution in [1.29, 1.82) is 0 Å². The lowest BCUT2D eigenvalue weighted by Crippen LogP contribution is -2.44. The van der Waals surface area contributed by atoms with Gasteiger partial charge in [-0.3, -0.25) is 9.59 Å². The quantitative estimate of drug-likeness (QED) is 0.927. The number of nitrogens with one attached hydrogen (secondary N) is 1. The van der Waals surface area contributed by atoms with Crippen LogP contribution < -0.4 is 5.32 Å². The van der Waals surface area contributed by atoms with Crippen LogP contribution in [0.15, 0.2) is 34.9 Å². The van der Waals surface area contributed by atoms with E-state index in [-0.39, 0.29) is 11.8 Å². The Morgan fingerprint density at radius 3 is 2.71 bits per heavy atom. The van der Waals surface area contributed by atoms with Crippen molar-refractivity contribution < 1.29 is 14.0 Å². The summed E-state index contributed by atoms with van der Waals surface area (Å²) in [5.74, 6) is 1.37. The highest BCUT2D eigenvalue weighted by Crippen LogP contribution is 2.26. The van der Waals surface area contributed by atoms with Crippen molar-refractivity contribution in [3.8, 4) is 0 Å². The number of nitrogens with zero attached hydrogens (tertiary/aromatic N) is 1. The zero-order valence-corrected chi connectivity index (χ0v) is 14.8. The van der Waals surface area contributed by atoms with E-state index in [0.717, 1.165) is 16.8 Å². The third kappa shape index (κ3) is 3.19. The van der Waals surface area contributed by atoms with Crippen LogP contribution in [0.25, 0.3) is 0 Å². The summed E-state index contributed by atoms with van der Waals surface area (Å²) in [6, 6.07) is 7.06. The van der Waals surface area contributed by atoms with Gasteiger partial charge in [0.15, 0.2) is 0 Å². The average Bonchev–Trinajstić information content (AvgIpc) is 3.18. The monoisotopic (exact) mass is 344 g/mol. The largest absolute Gasteiger partial charge is 0.469 e. The summed E-state index contributed by atoms with van der Waals surface area (Å²) in [7, 11) is 0. The first kappa shape index (κ1) is 16.6. The molecule has 0 unspecified atom stereocenters. The van der Waals surface area contributed by atoms with Crippen molar-refractivity contribution in [1.82, 2.24) is 4.90 Å². The zero-order chi connectivity index (χ0) is 17.3. The minimum Gasteiger partial charge on any atom is -0.469 e. The van der Waals surface area contributed by atoms with E-state index in [1.54, 1.807) is 29.7 Å². The number of carbonyl (C=O) groups excluding carboxylic acids is 2. The second-order valence-electron chi connectivity index (χ2n) is 5.99. The lowest BCUT2D eigenvalue weighted by molar-refractivity contribution is -0.119. The van der Waals surface area contributed by atoms with Gasteiger partial charge in [0.05, 0.1) is 17.7 Å². The summed E-state index contributed by atoms with van der Waals surface area (Å²) in [6.45, 7) is 5.73. The van der Waals surface area contributed by atoms with Crippen LogP contribution in [0.4, 0.5) is 5.69 Å². The molecular formula is C18H20N2O3S. The Morgan fingerprint density at radius 1 is 1.25 bits per heavy atom. The first-order valence-electron chi connectivity index (χ1n) is 7.78. The number of anilines is 1. The van der Waals surface area contributed by atoms with Gasteiger partial charge in [-0.05, 0) is 38.5 Å². The van der Waals surface area contributed by atoms with Gasteiger partial charge < -0.3 is 14.6 Å². The van der Waals surface area contributed by atoms with Crippen molar-refractivity contribution in [3.63, 3.8) is 0 Å². The SMILES string of the molecule is Cc1ccc(NC(=O)[C@H]2CSCN2C(=O)c2ccoc2C)c(C)c1. The maximum Gasteiger partial charge on any atom is 0.258 e. The second kappa shape index (κ2) is 6.73. The van der Waals surface area contributed by atoms with Crippen LogP contribution in [0, 0.1) is 20.8 Å². The molecule has 1 aliphatic heterocycles. The van der Waals surface area contributed by atoms with Gasteiger partial charge in [0.25, 0.3) is 5.91 Å². The topological polar surface area (TPSA) is 62.6 Å². The molecule has 5 nitrogen and oxygen atoms in total. The number of benzene rings is 1. The van der Waals surface area contributed by atoms with E-state index in [9.17, 15) is 9.59 Å². The fourth-order valence-electron chi connectivity index (χ4n) is 2.79. The summed E-state index contributed by atoms with van der Waals surface area (Å²) in [6.07, 6.45) is 1.50. The molecule has 6 heteroatoms. The molecule has 1 fully saturated rings. The fourth-order valence-corrected chi connectivity index (χ4v) is 3.95. The normalized spacial score (nSPS) is 17.1. The number of rotatable bonds is 3. The minimum atomic E-state index is -0.475. The number of furan rings is 1. The fraction of sp³-hybridized carbons (Fsp3) is 0.333. The molecule has 0 aliphatic carbocycles. The molecule has 24 heavy (non-hydrogen) atoms. The lowest BCUT2D eigenvalue weighted by Gasteiger charge is -2.23. The van der Waals surface area contributed by atoms with Crippen molar-refractivity contribution in [3.05, 3.63) is 53.0 Å². The molecule has 1 N–H and O–H groups in total. The van der Waals surface area contributed by atoms with Gasteiger partial charge >= 0.3 is 0 Å². The Bertz CT molecular complexity index is 784. The zero-order valence-electron chi connectivity index (χ0n) is 14.0. The van der Waals surface area contributed by atoms with Crippen molar-refractivity contribution in [2.24, 2.45) is 0 Å². The Balaban J connectivity index is 1.76. The highest BCUT2D eigenvalue weighted by molar-refractivity contribution is 7.99. The molecule has 1 atom stereocenters. The molecule has 1 aromatic carbocycles. The van der Waals surface area contributed by atoms with E-state index in [2.05, 4.69) is 5.32 Å². The standard InChI is InChI=1S/C18H20N2O3S/c1-11-4-5-15(12(2)8-11)19-17(21)16-9-24-10-20(16)18(22)14-6-7-23-13(14)3/h4-8,16H,9-10H2,1-3H3,(H,19,21)/t16-/m1/s1.